The molecule has 0 spiro atoms. The molecule has 0 radical (unpaired) electrons. The van der Waals surface area contributed by atoms with Crippen molar-refractivity contribution >= 4 is 27.1 Å². The minimum atomic E-state index is -3.11. The van der Waals surface area contributed by atoms with E-state index in [1.54, 1.807) is 6.07 Å². The van der Waals surface area contributed by atoms with Crippen molar-refractivity contribution in [1.29, 1.82) is 0 Å². The molecule has 0 bridgehead atoms. The molecule has 17 heavy (non-hydrogen) atoms. The molecule has 0 atom stereocenters. The number of hydrogen-bond acceptors (Lipinski definition) is 5. The lowest BCUT2D eigenvalue weighted by molar-refractivity contribution is 0.481. The summed E-state index contributed by atoms with van der Waals surface area (Å²) >= 11 is 0. The average molecular weight is 253 g/mol. The molecule has 2 N–H and O–H groups in total. The van der Waals surface area contributed by atoms with E-state index in [0.29, 0.717) is 5.75 Å². The smallest absolute Gasteiger partial charge is 0.425 e. The van der Waals surface area contributed by atoms with Crippen LogP contribution in [0.2, 0.25) is 0 Å². The Bertz CT molecular complexity index is 615. The maximum absolute atomic E-state index is 9.51. The Balaban J connectivity index is 0.000000317. The van der Waals surface area contributed by atoms with Crippen LogP contribution in [0, 0.1) is 0 Å². The number of anilines is 1. The first-order chi connectivity index (χ1) is 8.04. The summed E-state index contributed by atoms with van der Waals surface area (Å²) < 4.78 is 25.3. The zero-order valence-electron chi connectivity index (χ0n) is 9.04. The topological polar surface area (TPSA) is 83.5 Å². The summed E-state index contributed by atoms with van der Waals surface area (Å²) in [6.07, 6.45) is 0. The highest BCUT2D eigenvalue weighted by Gasteiger charge is 1.98. The van der Waals surface area contributed by atoms with Gasteiger partial charge in [0.1, 0.15) is 5.75 Å². The molecule has 0 heterocycles. The molecule has 2 rings (SSSR count). The normalized spacial score (nSPS) is 9.24. The summed E-state index contributed by atoms with van der Waals surface area (Å²) in [5.74, 6) is 0.333. The van der Waals surface area contributed by atoms with Crippen LogP contribution in [-0.4, -0.2) is 24.8 Å². The van der Waals surface area contributed by atoms with Crippen molar-refractivity contribution in [2.24, 2.45) is 0 Å². The Morgan fingerprint density at radius 1 is 1.12 bits per heavy atom. The van der Waals surface area contributed by atoms with Gasteiger partial charge >= 0.3 is 10.6 Å². The summed E-state index contributed by atoms with van der Waals surface area (Å²) in [6.45, 7) is 0. The van der Waals surface area contributed by atoms with Gasteiger partial charge in [-0.1, -0.05) is 12.1 Å². The van der Waals surface area contributed by atoms with E-state index < -0.39 is 10.6 Å². The van der Waals surface area contributed by atoms with Crippen molar-refractivity contribution < 1.29 is 17.7 Å². The lowest BCUT2D eigenvalue weighted by Gasteiger charge is -2.03. The summed E-state index contributed by atoms with van der Waals surface area (Å²) in [7, 11) is -1.23. The SMILES string of the molecule is CNc1ccc2c(O)cccc2c1.O=S(=O)=O. The molecular formula is C11H11NO4S. The molecule has 6 heteroatoms. The molecular weight excluding hydrogens is 242 g/mol. The highest BCUT2D eigenvalue weighted by Crippen LogP contribution is 2.26. The Morgan fingerprint density at radius 3 is 2.35 bits per heavy atom. The number of fused-ring (bicyclic) bond motifs is 1. The maximum Gasteiger partial charge on any atom is 0.425 e. The summed E-state index contributed by atoms with van der Waals surface area (Å²) in [5.41, 5.74) is 1.05. The zero-order valence-corrected chi connectivity index (χ0v) is 9.86. The fraction of sp³-hybridized carbons (Fsp3) is 0.0909. The van der Waals surface area contributed by atoms with Gasteiger partial charge in [0, 0.05) is 18.1 Å². The van der Waals surface area contributed by atoms with Gasteiger partial charge in [-0.05, 0) is 29.7 Å². The number of hydrogen-bond donors (Lipinski definition) is 2. The fourth-order valence-corrected chi connectivity index (χ4v) is 1.42. The van der Waals surface area contributed by atoms with Crippen LogP contribution in [0.25, 0.3) is 10.8 Å². The van der Waals surface area contributed by atoms with Crippen molar-refractivity contribution in [3.05, 3.63) is 36.4 Å². The van der Waals surface area contributed by atoms with Gasteiger partial charge in [0.05, 0.1) is 0 Å². The van der Waals surface area contributed by atoms with Crippen molar-refractivity contribution in [3.8, 4) is 5.75 Å². The molecule has 0 amide bonds. The lowest BCUT2D eigenvalue weighted by atomic mass is 10.1. The molecule has 0 aliphatic carbocycles. The maximum atomic E-state index is 9.51. The molecule has 0 aliphatic rings. The summed E-state index contributed by atoms with van der Waals surface area (Å²) in [6, 6.07) is 11.4. The fourth-order valence-electron chi connectivity index (χ4n) is 1.42. The molecule has 2 aromatic carbocycles. The molecule has 2 aromatic rings. The molecule has 0 fully saturated rings. The minimum absolute atomic E-state index is 0.333. The third kappa shape index (κ3) is 3.76. The van der Waals surface area contributed by atoms with Gasteiger partial charge in [-0.2, -0.15) is 0 Å². The van der Waals surface area contributed by atoms with Gasteiger partial charge in [-0.25, -0.2) is 0 Å². The number of aromatic hydroxyl groups is 1. The predicted octanol–water partition coefficient (Wildman–Crippen LogP) is 1.58. The second-order valence-electron chi connectivity index (χ2n) is 3.17. The number of rotatable bonds is 1. The number of phenols is 1. The summed E-state index contributed by atoms with van der Waals surface area (Å²) in [5, 5.41) is 14.5. The van der Waals surface area contributed by atoms with Crippen molar-refractivity contribution in [3.63, 3.8) is 0 Å². The van der Waals surface area contributed by atoms with Crippen molar-refractivity contribution in [2.45, 2.75) is 0 Å². The second-order valence-corrected chi connectivity index (χ2v) is 3.58. The van der Waals surface area contributed by atoms with E-state index in [4.69, 9.17) is 12.6 Å². The first-order valence-corrected chi connectivity index (χ1v) is 5.71. The van der Waals surface area contributed by atoms with Crippen LogP contribution in [0.5, 0.6) is 5.75 Å². The number of benzene rings is 2. The zero-order chi connectivity index (χ0) is 12.8. The monoisotopic (exact) mass is 253 g/mol. The van der Waals surface area contributed by atoms with Crippen LogP contribution >= 0.6 is 0 Å². The van der Waals surface area contributed by atoms with Crippen LogP contribution in [0.4, 0.5) is 5.69 Å². The van der Waals surface area contributed by atoms with E-state index in [0.717, 1.165) is 16.5 Å². The third-order valence-corrected chi connectivity index (χ3v) is 2.15. The van der Waals surface area contributed by atoms with Crippen LogP contribution in [0.1, 0.15) is 0 Å². The minimum Gasteiger partial charge on any atom is -0.507 e. The third-order valence-electron chi connectivity index (χ3n) is 2.15. The van der Waals surface area contributed by atoms with Crippen LogP contribution in [-0.2, 0) is 10.6 Å². The van der Waals surface area contributed by atoms with Crippen molar-refractivity contribution in [1.82, 2.24) is 0 Å². The highest BCUT2D eigenvalue weighted by molar-refractivity contribution is 7.59. The Kier molecular flexibility index (Phi) is 4.47. The lowest BCUT2D eigenvalue weighted by Crippen LogP contribution is -1.86. The van der Waals surface area contributed by atoms with Gasteiger partial charge < -0.3 is 10.4 Å². The van der Waals surface area contributed by atoms with Gasteiger partial charge in [-0.3, -0.25) is 0 Å². The highest BCUT2D eigenvalue weighted by atomic mass is 32.2. The average Bonchev–Trinajstić information content (AvgIpc) is 2.28. The molecule has 0 aromatic heterocycles. The number of phenolic OH excluding ortho intramolecular Hbond substituents is 1. The quantitative estimate of drug-likeness (QED) is 0.806. The Hall–Kier alpha value is -2.08. The van der Waals surface area contributed by atoms with E-state index in [2.05, 4.69) is 5.32 Å². The molecule has 0 saturated heterocycles. The molecule has 0 aliphatic heterocycles. The van der Waals surface area contributed by atoms with Gasteiger partial charge in [0.25, 0.3) is 0 Å². The van der Waals surface area contributed by atoms with Crippen molar-refractivity contribution in [2.75, 3.05) is 12.4 Å². The molecule has 0 saturated carbocycles. The van der Waals surface area contributed by atoms with E-state index in [1.165, 1.54) is 0 Å². The van der Waals surface area contributed by atoms with E-state index in [1.807, 2.05) is 37.4 Å². The largest absolute Gasteiger partial charge is 0.507 e. The first-order valence-electron chi connectivity index (χ1n) is 4.71. The summed E-state index contributed by atoms with van der Waals surface area (Å²) in [4.78, 5) is 0. The van der Waals surface area contributed by atoms with Gasteiger partial charge in [-0.15, -0.1) is 12.6 Å². The van der Waals surface area contributed by atoms with Crippen LogP contribution in [0.15, 0.2) is 36.4 Å². The van der Waals surface area contributed by atoms with Gasteiger partial charge in [0.2, 0.25) is 0 Å². The Morgan fingerprint density at radius 2 is 1.76 bits per heavy atom. The van der Waals surface area contributed by atoms with E-state index in [-0.39, 0.29) is 0 Å². The van der Waals surface area contributed by atoms with E-state index >= 15 is 0 Å². The first kappa shape index (κ1) is 13.0. The molecule has 5 nitrogen and oxygen atoms in total. The van der Waals surface area contributed by atoms with E-state index in [9.17, 15) is 5.11 Å². The van der Waals surface area contributed by atoms with Crippen LogP contribution < -0.4 is 5.32 Å². The second kappa shape index (κ2) is 5.86. The standard InChI is InChI=1S/C11H11NO.O3S/c1-12-9-5-6-10-8(7-9)3-2-4-11(10)13;1-4(2)3/h2-7,12-13H,1H3;. The molecule has 90 valence electrons. The Labute approximate surface area is 99.8 Å². The van der Waals surface area contributed by atoms with Gasteiger partial charge in [0.15, 0.2) is 0 Å². The molecule has 0 unspecified atom stereocenters. The number of nitrogens with one attached hydrogen (secondary N) is 1. The predicted molar refractivity (Wildman–Crippen MR) is 64.9 cm³/mol. The van der Waals surface area contributed by atoms with Crippen LogP contribution in [0.3, 0.4) is 0 Å².